The van der Waals surface area contributed by atoms with Gasteiger partial charge < -0.3 is 4.42 Å². The highest BCUT2D eigenvalue weighted by Gasteiger charge is 1.99. The van der Waals surface area contributed by atoms with Crippen LogP contribution in [-0.4, -0.2) is 0 Å². The molecule has 1 nitrogen and oxygen atoms in total. The average Bonchev–Trinajstić information content (AvgIpc) is 2.46. The summed E-state index contributed by atoms with van der Waals surface area (Å²) in [6.07, 6.45) is 3.94. The fraction of sp³-hybridized carbons (Fsp3) is 0.167. The van der Waals surface area contributed by atoms with E-state index in [1.54, 1.807) is 0 Å². The summed E-state index contributed by atoms with van der Waals surface area (Å²) in [4.78, 5) is 0. The van der Waals surface area contributed by atoms with Crippen molar-refractivity contribution in [2.24, 2.45) is 0 Å². The topological polar surface area (TPSA) is 13.1 Å². The van der Waals surface area contributed by atoms with Crippen LogP contribution in [-0.2, 0) is 0 Å². The van der Waals surface area contributed by atoms with Crippen LogP contribution in [0, 0.1) is 6.92 Å². The summed E-state index contributed by atoms with van der Waals surface area (Å²) in [6, 6.07) is 8.26. The van der Waals surface area contributed by atoms with E-state index in [4.69, 9.17) is 4.42 Å². The summed E-state index contributed by atoms with van der Waals surface area (Å²) in [5.74, 6) is 0.920. The molecule has 0 saturated heterocycles. The Morgan fingerprint density at radius 3 is 2.85 bits per heavy atom. The van der Waals surface area contributed by atoms with Crippen LogP contribution in [0.2, 0.25) is 0 Å². The fourth-order valence-electron chi connectivity index (χ4n) is 1.43. The van der Waals surface area contributed by atoms with E-state index in [1.165, 1.54) is 10.9 Å². The van der Waals surface area contributed by atoms with Crippen LogP contribution in [0.25, 0.3) is 17.0 Å². The number of rotatable bonds is 1. The van der Waals surface area contributed by atoms with E-state index in [0.717, 1.165) is 11.3 Å². The van der Waals surface area contributed by atoms with Crippen molar-refractivity contribution in [3.8, 4) is 0 Å². The smallest absolute Gasteiger partial charge is 0.134 e. The van der Waals surface area contributed by atoms with Crippen LogP contribution in [0.4, 0.5) is 0 Å². The Balaban J connectivity index is 2.62. The second kappa shape index (κ2) is 3.09. The number of benzene rings is 1. The minimum absolute atomic E-state index is 0.920. The summed E-state index contributed by atoms with van der Waals surface area (Å²) in [6.45, 7) is 4.07. The number of aryl methyl sites for hydroxylation is 1. The van der Waals surface area contributed by atoms with Crippen LogP contribution in [0.1, 0.15) is 18.2 Å². The molecule has 0 aliphatic carbocycles. The molecule has 0 fully saturated rings. The molecule has 0 amide bonds. The van der Waals surface area contributed by atoms with Gasteiger partial charge in [0.2, 0.25) is 0 Å². The van der Waals surface area contributed by atoms with Gasteiger partial charge in [0.25, 0.3) is 0 Å². The van der Waals surface area contributed by atoms with Gasteiger partial charge in [-0.15, -0.1) is 0 Å². The Labute approximate surface area is 77.7 Å². The normalized spacial score (nSPS) is 11.5. The van der Waals surface area contributed by atoms with Crippen molar-refractivity contribution in [3.05, 3.63) is 41.7 Å². The van der Waals surface area contributed by atoms with Gasteiger partial charge in [-0.3, -0.25) is 0 Å². The third kappa shape index (κ3) is 1.50. The molecule has 0 bridgehead atoms. The Bertz CT molecular complexity index is 449. The van der Waals surface area contributed by atoms with E-state index >= 15 is 0 Å². The lowest BCUT2D eigenvalue weighted by Crippen LogP contribution is -1.67. The predicted octanol–water partition coefficient (Wildman–Crippen LogP) is 3.77. The molecule has 1 heterocycles. The van der Waals surface area contributed by atoms with Gasteiger partial charge in [0.05, 0.1) is 0 Å². The summed E-state index contributed by atoms with van der Waals surface area (Å²) in [5.41, 5.74) is 2.22. The molecule has 0 aliphatic rings. The molecular weight excluding hydrogens is 160 g/mol. The molecule has 0 aliphatic heterocycles. The molecule has 0 N–H and O–H groups in total. The van der Waals surface area contributed by atoms with Crippen LogP contribution >= 0.6 is 0 Å². The highest BCUT2D eigenvalue weighted by atomic mass is 16.3. The number of furan rings is 1. The van der Waals surface area contributed by atoms with Crippen molar-refractivity contribution in [2.75, 3.05) is 0 Å². The standard InChI is InChI=1S/C12H12O/c1-3-4-11-8-10-7-9(2)5-6-12(10)13-11/h3-8H,1-2H3. The molecule has 0 radical (unpaired) electrons. The van der Waals surface area contributed by atoms with Gasteiger partial charge >= 0.3 is 0 Å². The third-order valence-corrected chi connectivity index (χ3v) is 2.02. The highest BCUT2D eigenvalue weighted by Crippen LogP contribution is 2.21. The first kappa shape index (κ1) is 8.11. The Hall–Kier alpha value is -1.50. The van der Waals surface area contributed by atoms with Gasteiger partial charge in [-0.2, -0.15) is 0 Å². The van der Waals surface area contributed by atoms with Crippen molar-refractivity contribution in [1.82, 2.24) is 0 Å². The number of hydrogen-bond donors (Lipinski definition) is 0. The quantitative estimate of drug-likeness (QED) is 0.638. The number of hydrogen-bond acceptors (Lipinski definition) is 1. The van der Waals surface area contributed by atoms with Crippen LogP contribution in [0.5, 0.6) is 0 Å². The zero-order valence-electron chi connectivity index (χ0n) is 7.87. The van der Waals surface area contributed by atoms with Crippen LogP contribution < -0.4 is 0 Å². The molecule has 0 spiro atoms. The Morgan fingerprint density at radius 2 is 2.08 bits per heavy atom. The summed E-state index contributed by atoms with van der Waals surface area (Å²) in [5, 5.41) is 1.17. The SMILES string of the molecule is CC=Cc1cc2cc(C)ccc2o1. The molecule has 1 aromatic carbocycles. The number of allylic oxidation sites excluding steroid dienone is 1. The molecule has 1 aromatic heterocycles. The van der Waals surface area contributed by atoms with Crippen molar-refractivity contribution >= 4 is 17.0 Å². The van der Waals surface area contributed by atoms with Gasteiger partial charge in [0, 0.05) is 5.39 Å². The lowest BCUT2D eigenvalue weighted by Gasteiger charge is -1.89. The first-order valence-electron chi connectivity index (χ1n) is 4.42. The molecule has 13 heavy (non-hydrogen) atoms. The van der Waals surface area contributed by atoms with E-state index in [1.807, 2.05) is 25.1 Å². The zero-order chi connectivity index (χ0) is 9.26. The van der Waals surface area contributed by atoms with Gasteiger partial charge in [-0.05, 0) is 38.1 Å². The Kier molecular flexibility index (Phi) is 1.93. The lowest BCUT2D eigenvalue weighted by molar-refractivity contribution is 0.604. The molecular formula is C12H12O. The van der Waals surface area contributed by atoms with Gasteiger partial charge in [0.15, 0.2) is 0 Å². The lowest BCUT2D eigenvalue weighted by atomic mass is 10.2. The molecule has 0 atom stereocenters. The third-order valence-electron chi connectivity index (χ3n) is 2.02. The molecule has 2 aromatic rings. The van der Waals surface area contributed by atoms with E-state index in [2.05, 4.69) is 25.1 Å². The van der Waals surface area contributed by atoms with E-state index in [9.17, 15) is 0 Å². The first-order chi connectivity index (χ1) is 6.29. The summed E-state index contributed by atoms with van der Waals surface area (Å²) >= 11 is 0. The summed E-state index contributed by atoms with van der Waals surface area (Å²) < 4.78 is 5.58. The van der Waals surface area contributed by atoms with Crippen molar-refractivity contribution in [3.63, 3.8) is 0 Å². The summed E-state index contributed by atoms with van der Waals surface area (Å²) in [7, 11) is 0. The molecule has 0 unspecified atom stereocenters. The predicted molar refractivity (Wildman–Crippen MR) is 55.7 cm³/mol. The Morgan fingerprint density at radius 1 is 1.23 bits per heavy atom. The van der Waals surface area contributed by atoms with E-state index in [-0.39, 0.29) is 0 Å². The second-order valence-corrected chi connectivity index (χ2v) is 3.19. The molecule has 0 saturated carbocycles. The molecule has 1 heteroatoms. The average molecular weight is 172 g/mol. The van der Waals surface area contributed by atoms with Crippen LogP contribution in [0.15, 0.2) is 34.8 Å². The van der Waals surface area contributed by atoms with E-state index < -0.39 is 0 Å². The van der Waals surface area contributed by atoms with E-state index in [0.29, 0.717) is 0 Å². The zero-order valence-corrected chi connectivity index (χ0v) is 7.87. The second-order valence-electron chi connectivity index (χ2n) is 3.19. The number of fused-ring (bicyclic) bond motifs is 1. The fourth-order valence-corrected chi connectivity index (χ4v) is 1.43. The molecule has 66 valence electrons. The van der Waals surface area contributed by atoms with Crippen molar-refractivity contribution < 1.29 is 4.42 Å². The van der Waals surface area contributed by atoms with Crippen molar-refractivity contribution in [1.29, 1.82) is 0 Å². The van der Waals surface area contributed by atoms with Crippen LogP contribution in [0.3, 0.4) is 0 Å². The maximum Gasteiger partial charge on any atom is 0.134 e. The monoisotopic (exact) mass is 172 g/mol. The van der Waals surface area contributed by atoms with Crippen molar-refractivity contribution in [2.45, 2.75) is 13.8 Å². The minimum atomic E-state index is 0.920. The maximum atomic E-state index is 5.58. The minimum Gasteiger partial charge on any atom is -0.457 e. The largest absolute Gasteiger partial charge is 0.457 e. The van der Waals surface area contributed by atoms with Gasteiger partial charge in [-0.25, -0.2) is 0 Å². The van der Waals surface area contributed by atoms with Gasteiger partial charge in [0.1, 0.15) is 11.3 Å². The maximum absolute atomic E-state index is 5.58. The van der Waals surface area contributed by atoms with Gasteiger partial charge in [-0.1, -0.05) is 17.7 Å². The molecule has 2 rings (SSSR count). The highest BCUT2D eigenvalue weighted by molar-refractivity contribution is 5.80. The first-order valence-corrected chi connectivity index (χ1v) is 4.42.